The molecule has 0 radical (unpaired) electrons. The van der Waals surface area contributed by atoms with Crippen LogP contribution in [0.2, 0.25) is 0 Å². The molecule has 1 aromatic heterocycles. The molecule has 6 heteroatoms. The first-order valence-corrected chi connectivity index (χ1v) is 7.82. The van der Waals surface area contributed by atoms with Crippen LogP contribution in [0.5, 0.6) is 0 Å². The highest BCUT2D eigenvalue weighted by Crippen LogP contribution is 2.22. The number of hydrogen-bond donors (Lipinski definition) is 2. The second-order valence-electron chi connectivity index (χ2n) is 5.49. The molecule has 0 saturated carbocycles. The van der Waals surface area contributed by atoms with E-state index in [-0.39, 0.29) is 19.1 Å². The van der Waals surface area contributed by atoms with Gasteiger partial charge in [-0.25, -0.2) is 4.79 Å². The summed E-state index contributed by atoms with van der Waals surface area (Å²) in [6, 6.07) is 8.92. The summed E-state index contributed by atoms with van der Waals surface area (Å²) in [5, 5.41) is 9.71. The maximum Gasteiger partial charge on any atom is 0.359 e. The van der Waals surface area contributed by atoms with E-state index >= 15 is 0 Å². The quantitative estimate of drug-likeness (QED) is 0.652. The van der Waals surface area contributed by atoms with Crippen LogP contribution in [0, 0.1) is 0 Å². The van der Waals surface area contributed by atoms with Crippen LogP contribution in [0.4, 0.5) is 0 Å². The predicted molar refractivity (Wildman–Crippen MR) is 84.3 cm³/mol. The van der Waals surface area contributed by atoms with Gasteiger partial charge >= 0.3 is 5.97 Å². The zero-order chi connectivity index (χ0) is 16.1. The van der Waals surface area contributed by atoms with Crippen LogP contribution in [-0.2, 0) is 17.6 Å². The Morgan fingerprint density at radius 2 is 1.96 bits per heavy atom. The summed E-state index contributed by atoms with van der Waals surface area (Å²) in [7, 11) is 0. The average molecular weight is 313 g/mol. The van der Waals surface area contributed by atoms with E-state index in [4.69, 9.17) is 4.74 Å². The van der Waals surface area contributed by atoms with Gasteiger partial charge in [-0.1, -0.05) is 18.2 Å². The van der Waals surface area contributed by atoms with Crippen molar-refractivity contribution in [2.24, 2.45) is 0 Å². The number of carbonyl (C=O) groups excluding carboxylic acids is 2. The van der Waals surface area contributed by atoms with Crippen molar-refractivity contribution in [3.8, 4) is 0 Å². The molecule has 0 unspecified atom stereocenters. The minimum atomic E-state index is -0.432. The summed E-state index contributed by atoms with van der Waals surface area (Å²) in [5.74, 6) is -0.614. The summed E-state index contributed by atoms with van der Waals surface area (Å²) in [5.41, 5.74) is 2.99. The lowest BCUT2D eigenvalue weighted by molar-refractivity contribution is 0.0495. The Labute approximate surface area is 134 Å². The molecule has 1 amide bonds. The summed E-state index contributed by atoms with van der Waals surface area (Å²) in [4.78, 5) is 23.9. The van der Waals surface area contributed by atoms with E-state index in [0.717, 1.165) is 36.9 Å². The van der Waals surface area contributed by atoms with Crippen LogP contribution in [0.1, 0.15) is 44.9 Å². The first-order chi connectivity index (χ1) is 11.3. The van der Waals surface area contributed by atoms with Crippen molar-refractivity contribution in [1.29, 1.82) is 0 Å². The highest BCUT2D eigenvalue weighted by Gasteiger charge is 2.22. The first-order valence-electron chi connectivity index (χ1n) is 7.82. The fraction of sp³-hybridized carbons (Fsp3) is 0.353. The van der Waals surface area contributed by atoms with Gasteiger partial charge in [-0.15, -0.1) is 0 Å². The molecular formula is C17H19N3O3. The van der Waals surface area contributed by atoms with Crippen LogP contribution < -0.4 is 5.32 Å². The zero-order valence-corrected chi connectivity index (χ0v) is 12.8. The molecule has 120 valence electrons. The van der Waals surface area contributed by atoms with E-state index in [1.165, 1.54) is 0 Å². The number of nitrogens with one attached hydrogen (secondary N) is 2. The van der Waals surface area contributed by atoms with Crippen LogP contribution in [-0.4, -0.2) is 35.2 Å². The number of carbonyl (C=O) groups is 2. The van der Waals surface area contributed by atoms with E-state index in [0.29, 0.717) is 11.3 Å². The average Bonchev–Trinajstić information content (AvgIpc) is 3.03. The number of esters is 1. The molecule has 0 fully saturated rings. The Bertz CT molecular complexity index is 694. The molecule has 0 atom stereocenters. The second-order valence-corrected chi connectivity index (χ2v) is 5.49. The normalized spacial score (nSPS) is 13.2. The highest BCUT2D eigenvalue weighted by molar-refractivity contribution is 5.94. The first kappa shape index (κ1) is 15.3. The monoisotopic (exact) mass is 313 g/mol. The standard InChI is InChI=1S/C17H19N3O3/c21-16(12-6-2-1-3-7-12)18-10-11-23-17(22)15-13-8-4-5-9-14(13)19-20-15/h1-3,6-7H,4-5,8-11H2,(H,18,21)(H,19,20). The van der Waals surface area contributed by atoms with Crippen molar-refractivity contribution in [3.63, 3.8) is 0 Å². The van der Waals surface area contributed by atoms with Gasteiger partial charge in [0.15, 0.2) is 5.69 Å². The predicted octanol–water partition coefficient (Wildman–Crippen LogP) is 1.88. The number of rotatable bonds is 5. The van der Waals surface area contributed by atoms with Crippen LogP contribution in [0.15, 0.2) is 30.3 Å². The molecule has 3 rings (SSSR count). The molecular weight excluding hydrogens is 294 g/mol. The largest absolute Gasteiger partial charge is 0.459 e. The summed E-state index contributed by atoms with van der Waals surface area (Å²) in [6.07, 6.45) is 3.99. The SMILES string of the molecule is O=C(NCCOC(=O)c1n[nH]c2c1CCCC2)c1ccccc1. The number of hydrogen-bond acceptors (Lipinski definition) is 4. The van der Waals surface area contributed by atoms with Crippen LogP contribution in [0.3, 0.4) is 0 Å². The third-order valence-corrected chi connectivity index (χ3v) is 3.91. The van der Waals surface area contributed by atoms with Gasteiger partial charge in [0.1, 0.15) is 6.61 Å². The minimum Gasteiger partial charge on any atom is -0.459 e. The van der Waals surface area contributed by atoms with Gasteiger partial charge in [-0.05, 0) is 37.8 Å². The maximum atomic E-state index is 12.1. The molecule has 1 heterocycles. The Kier molecular flexibility index (Phi) is 4.71. The van der Waals surface area contributed by atoms with Crippen molar-refractivity contribution in [2.75, 3.05) is 13.2 Å². The Hall–Kier alpha value is -2.63. The molecule has 1 aliphatic carbocycles. The zero-order valence-electron chi connectivity index (χ0n) is 12.8. The van der Waals surface area contributed by atoms with Gasteiger partial charge in [-0.2, -0.15) is 5.10 Å². The van der Waals surface area contributed by atoms with E-state index in [1.54, 1.807) is 24.3 Å². The van der Waals surface area contributed by atoms with E-state index < -0.39 is 5.97 Å². The number of fused-ring (bicyclic) bond motifs is 1. The number of H-pyrrole nitrogens is 1. The fourth-order valence-corrected chi connectivity index (χ4v) is 2.72. The van der Waals surface area contributed by atoms with Crippen LogP contribution >= 0.6 is 0 Å². The van der Waals surface area contributed by atoms with Gasteiger partial charge in [0.05, 0.1) is 6.54 Å². The van der Waals surface area contributed by atoms with Gasteiger partial charge in [0.25, 0.3) is 5.91 Å². The summed E-state index contributed by atoms with van der Waals surface area (Å²) >= 11 is 0. The lowest BCUT2D eigenvalue weighted by Crippen LogP contribution is -2.28. The molecule has 23 heavy (non-hydrogen) atoms. The molecule has 0 bridgehead atoms. The fourth-order valence-electron chi connectivity index (χ4n) is 2.72. The number of benzene rings is 1. The highest BCUT2D eigenvalue weighted by atomic mass is 16.5. The van der Waals surface area contributed by atoms with Crippen molar-refractivity contribution in [2.45, 2.75) is 25.7 Å². The Morgan fingerprint density at radius 1 is 1.17 bits per heavy atom. The molecule has 0 spiro atoms. The van der Waals surface area contributed by atoms with E-state index in [9.17, 15) is 9.59 Å². The summed E-state index contributed by atoms with van der Waals surface area (Å²) < 4.78 is 5.20. The van der Waals surface area contributed by atoms with Gasteiger partial charge in [0, 0.05) is 16.8 Å². The minimum absolute atomic E-state index is 0.124. The molecule has 6 nitrogen and oxygen atoms in total. The summed E-state index contributed by atoms with van der Waals surface area (Å²) in [6.45, 7) is 0.394. The third-order valence-electron chi connectivity index (χ3n) is 3.91. The molecule has 2 N–H and O–H groups in total. The van der Waals surface area contributed by atoms with Gasteiger partial charge < -0.3 is 10.1 Å². The molecule has 1 aromatic carbocycles. The number of aromatic nitrogens is 2. The topological polar surface area (TPSA) is 84.1 Å². The second kappa shape index (κ2) is 7.09. The lowest BCUT2D eigenvalue weighted by atomic mass is 9.96. The van der Waals surface area contributed by atoms with Gasteiger partial charge in [-0.3, -0.25) is 9.89 Å². The van der Waals surface area contributed by atoms with Crippen molar-refractivity contribution < 1.29 is 14.3 Å². The third kappa shape index (κ3) is 3.59. The number of aryl methyl sites for hydroxylation is 1. The molecule has 0 aliphatic heterocycles. The molecule has 2 aromatic rings. The number of ether oxygens (including phenoxy) is 1. The van der Waals surface area contributed by atoms with Crippen molar-refractivity contribution in [1.82, 2.24) is 15.5 Å². The van der Waals surface area contributed by atoms with Gasteiger partial charge in [0.2, 0.25) is 0 Å². The Balaban J connectivity index is 1.47. The smallest absolute Gasteiger partial charge is 0.359 e. The van der Waals surface area contributed by atoms with E-state index in [1.807, 2.05) is 6.07 Å². The lowest BCUT2D eigenvalue weighted by Gasteiger charge is -2.11. The van der Waals surface area contributed by atoms with Crippen molar-refractivity contribution in [3.05, 3.63) is 52.8 Å². The number of aromatic amines is 1. The number of amides is 1. The van der Waals surface area contributed by atoms with Crippen LogP contribution in [0.25, 0.3) is 0 Å². The number of nitrogens with zero attached hydrogens (tertiary/aromatic N) is 1. The van der Waals surface area contributed by atoms with E-state index in [2.05, 4.69) is 15.5 Å². The Morgan fingerprint density at radius 3 is 2.78 bits per heavy atom. The van der Waals surface area contributed by atoms with Crippen molar-refractivity contribution >= 4 is 11.9 Å². The molecule has 0 saturated heterocycles. The molecule has 1 aliphatic rings. The maximum absolute atomic E-state index is 12.1.